The Morgan fingerprint density at radius 3 is 2.67 bits per heavy atom. The maximum atomic E-state index is 5.97. The van der Waals surface area contributed by atoms with E-state index in [4.69, 9.17) is 14.7 Å². The second kappa shape index (κ2) is 4.49. The lowest BCUT2D eigenvalue weighted by Crippen LogP contribution is -1.88. The van der Waals surface area contributed by atoms with Gasteiger partial charge in [-0.15, -0.1) is 0 Å². The number of benzene rings is 1. The van der Waals surface area contributed by atoms with Crippen LogP contribution >= 0.6 is 0 Å². The van der Waals surface area contributed by atoms with Gasteiger partial charge in [0.15, 0.2) is 11.6 Å². The summed E-state index contributed by atoms with van der Waals surface area (Å²) in [5.74, 6) is 0.949. The van der Waals surface area contributed by atoms with Gasteiger partial charge in [0.1, 0.15) is 11.8 Å². The Labute approximate surface area is 120 Å². The van der Waals surface area contributed by atoms with Crippen LogP contribution in [0.2, 0.25) is 0 Å². The normalized spacial score (nSPS) is 11.0. The first-order valence-corrected chi connectivity index (χ1v) is 6.47. The molecule has 0 radical (unpaired) electrons. The number of aromatic nitrogens is 2. The van der Waals surface area contributed by atoms with Gasteiger partial charge in [0.05, 0.1) is 11.1 Å². The SMILES string of the molecule is Nc1noc(-c2coc3ccccc23)c1-c1ccncc1. The molecule has 0 saturated heterocycles. The fourth-order valence-electron chi connectivity index (χ4n) is 2.44. The van der Waals surface area contributed by atoms with Crippen molar-refractivity contribution in [1.29, 1.82) is 0 Å². The zero-order valence-corrected chi connectivity index (χ0v) is 11.0. The Balaban J connectivity index is 1.98. The lowest BCUT2D eigenvalue weighted by Gasteiger charge is -2.00. The molecule has 0 bridgehead atoms. The second-order valence-corrected chi connectivity index (χ2v) is 4.65. The number of furan rings is 1. The highest BCUT2D eigenvalue weighted by Gasteiger charge is 2.20. The molecule has 0 saturated carbocycles. The summed E-state index contributed by atoms with van der Waals surface area (Å²) in [6.45, 7) is 0. The van der Waals surface area contributed by atoms with Crippen molar-refractivity contribution in [2.75, 3.05) is 5.73 Å². The molecule has 102 valence electrons. The maximum Gasteiger partial charge on any atom is 0.180 e. The molecule has 4 aromatic rings. The zero-order chi connectivity index (χ0) is 14.2. The van der Waals surface area contributed by atoms with Crippen molar-refractivity contribution in [1.82, 2.24) is 10.1 Å². The van der Waals surface area contributed by atoms with Gasteiger partial charge < -0.3 is 14.7 Å². The van der Waals surface area contributed by atoms with Gasteiger partial charge in [0.2, 0.25) is 0 Å². The van der Waals surface area contributed by atoms with Crippen LogP contribution in [0.1, 0.15) is 0 Å². The topological polar surface area (TPSA) is 78.1 Å². The molecule has 3 aromatic heterocycles. The summed E-state index contributed by atoms with van der Waals surface area (Å²) in [6, 6.07) is 11.5. The lowest BCUT2D eigenvalue weighted by atomic mass is 10.0. The number of hydrogen-bond acceptors (Lipinski definition) is 5. The van der Waals surface area contributed by atoms with Crippen LogP contribution in [0.4, 0.5) is 5.82 Å². The smallest absolute Gasteiger partial charge is 0.180 e. The molecule has 0 aliphatic carbocycles. The van der Waals surface area contributed by atoms with Crippen molar-refractivity contribution in [3.63, 3.8) is 0 Å². The van der Waals surface area contributed by atoms with E-state index >= 15 is 0 Å². The van der Waals surface area contributed by atoms with Crippen molar-refractivity contribution in [2.45, 2.75) is 0 Å². The molecule has 0 aliphatic heterocycles. The van der Waals surface area contributed by atoms with E-state index in [1.807, 2.05) is 36.4 Å². The number of nitrogens with zero attached hydrogens (tertiary/aromatic N) is 2. The van der Waals surface area contributed by atoms with Crippen LogP contribution in [0.3, 0.4) is 0 Å². The van der Waals surface area contributed by atoms with Crippen molar-refractivity contribution in [3.05, 3.63) is 55.1 Å². The highest BCUT2D eigenvalue weighted by Crippen LogP contribution is 2.39. The van der Waals surface area contributed by atoms with Gasteiger partial charge in [0.25, 0.3) is 0 Å². The molecule has 5 nitrogen and oxygen atoms in total. The molecule has 0 amide bonds. The summed E-state index contributed by atoms with van der Waals surface area (Å²) < 4.78 is 11.0. The van der Waals surface area contributed by atoms with Crippen LogP contribution in [0.15, 0.2) is 64.0 Å². The standard InChI is InChI=1S/C16H11N3O2/c17-16-14(10-5-7-18-8-6-10)15(21-19-16)12-9-20-13-4-2-1-3-11(12)13/h1-9H,(H2,17,19). The number of hydrogen-bond donors (Lipinski definition) is 1. The highest BCUT2D eigenvalue weighted by atomic mass is 16.5. The van der Waals surface area contributed by atoms with Gasteiger partial charge in [-0.1, -0.05) is 23.4 Å². The Hall–Kier alpha value is -3.08. The van der Waals surface area contributed by atoms with Crippen molar-refractivity contribution < 1.29 is 8.94 Å². The highest BCUT2D eigenvalue weighted by molar-refractivity contribution is 5.98. The molecule has 0 unspecified atom stereocenters. The minimum absolute atomic E-state index is 0.349. The van der Waals surface area contributed by atoms with Crippen LogP contribution in [0, 0.1) is 0 Å². The summed E-state index contributed by atoms with van der Waals surface area (Å²) in [4.78, 5) is 4.02. The molecule has 0 aliphatic rings. The van der Waals surface area contributed by atoms with Crippen molar-refractivity contribution in [3.8, 4) is 22.5 Å². The molecule has 5 heteroatoms. The number of nitrogens with two attached hydrogens (primary N) is 1. The lowest BCUT2D eigenvalue weighted by molar-refractivity contribution is 0.435. The first-order chi connectivity index (χ1) is 10.3. The molecule has 1 aromatic carbocycles. The summed E-state index contributed by atoms with van der Waals surface area (Å²) >= 11 is 0. The van der Waals surface area contributed by atoms with Crippen LogP contribution in [-0.2, 0) is 0 Å². The largest absolute Gasteiger partial charge is 0.464 e. The third-order valence-corrected chi connectivity index (χ3v) is 3.41. The summed E-state index contributed by atoms with van der Waals surface area (Å²) in [6.07, 6.45) is 5.08. The molecular weight excluding hydrogens is 266 g/mol. The fraction of sp³-hybridized carbons (Fsp3) is 0. The fourth-order valence-corrected chi connectivity index (χ4v) is 2.44. The molecule has 0 fully saturated rings. The predicted octanol–water partition coefficient (Wildman–Crippen LogP) is 3.73. The minimum atomic E-state index is 0.349. The molecule has 3 heterocycles. The van der Waals surface area contributed by atoms with E-state index in [0.29, 0.717) is 11.6 Å². The quantitative estimate of drug-likeness (QED) is 0.604. The van der Waals surface area contributed by atoms with Crippen molar-refractivity contribution in [2.24, 2.45) is 0 Å². The average Bonchev–Trinajstić information content (AvgIpc) is 3.11. The van der Waals surface area contributed by atoms with Gasteiger partial charge in [0, 0.05) is 17.8 Å². The molecule has 0 atom stereocenters. The van der Waals surface area contributed by atoms with E-state index in [0.717, 1.165) is 27.7 Å². The average molecular weight is 277 g/mol. The number of pyridine rings is 1. The van der Waals surface area contributed by atoms with Gasteiger partial charge >= 0.3 is 0 Å². The summed E-state index contributed by atoms with van der Waals surface area (Å²) in [5.41, 5.74) is 9.26. The van der Waals surface area contributed by atoms with E-state index in [2.05, 4.69) is 10.1 Å². The van der Waals surface area contributed by atoms with Crippen molar-refractivity contribution >= 4 is 16.8 Å². The van der Waals surface area contributed by atoms with Crippen LogP contribution in [0.25, 0.3) is 33.4 Å². The van der Waals surface area contributed by atoms with Crippen LogP contribution in [0.5, 0.6) is 0 Å². The number of nitrogen functional groups attached to an aromatic ring is 1. The summed E-state index contributed by atoms with van der Waals surface area (Å²) in [5, 5.41) is 4.86. The first kappa shape index (κ1) is 11.7. The molecular formula is C16H11N3O2. The molecule has 0 spiro atoms. The minimum Gasteiger partial charge on any atom is -0.464 e. The van der Waals surface area contributed by atoms with E-state index in [1.54, 1.807) is 18.7 Å². The van der Waals surface area contributed by atoms with E-state index in [9.17, 15) is 0 Å². The van der Waals surface area contributed by atoms with E-state index in [1.165, 1.54) is 0 Å². The van der Waals surface area contributed by atoms with Gasteiger partial charge in [-0.25, -0.2) is 0 Å². The third kappa shape index (κ3) is 1.79. The van der Waals surface area contributed by atoms with Crippen LogP contribution < -0.4 is 5.73 Å². The van der Waals surface area contributed by atoms with E-state index in [-0.39, 0.29) is 0 Å². The Bertz CT molecular complexity index is 910. The predicted molar refractivity (Wildman–Crippen MR) is 79.4 cm³/mol. The molecule has 4 rings (SSSR count). The molecule has 21 heavy (non-hydrogen) atoms. The number of fused-ring (bicyclic) bond motifs is 1. The second-order valence-electron chi connectivity index (χ2n) is 4.65. The van der Waals surface area contributed by atoms with E-state index < -0.39 is 0 Å². The monoisotopic (exact) mass is 277 g/mol. The maximum absolute atomic E-state index is 5.97. The van der Waals surface area contributed by atoms with Gasteiger partial charge in [-0.05, 0) is 23.8 Å². The number of para-hydroxylation sites is 1. The summed E-state index contributed by atoms with van der Waals surface area (Å²) in [7, 11) is 0. The van der Waals surface area contributed by atoms with Crippen LogP contribution in [-0.4, -0.2) is 10.1 Å². The van der Waals surface area contributed by atoms with Gasteiger partial charge in [-0.2, -0.15) is 0 Å². The first-order valence-electron chi connectivity index (χ1n) is 6.47. The number of anilines is 1. The Morgan fingerprint density at radius 1 is 1.00 bits per heavy atom. The van der Waals surface area contributed by atoms with Gasteiger partial charge in [-0.3, -0.25) is 4.98 Å². The Morgan fingerprint density at radius 2 is 1.81 bits per heavy atom. The third-order valence-electron chi connectivity index (χ3n) is 3.41. The zero-order valence-electron chi connectivity index (χ0n) is 11.0. The number of rotatable bonds is 2. The molecule has 2 N–H and O–H groups in total. The Kier molecular flexibility index (Phi) is 2.50.